The van der Waals surface area contributed by atoms with Crippen LogP contribution in [0, 0.1) is 0 Å². The zero-order valence-corrected chi connectivity index (χ0v) is 13.9. The maximum Gasteiger partial charge on any atom is 0.224 e. The Morgan fingerprint density at radius 2 is 2.05 bits per heavy atom. The highest BCUT2D eigenvalue weighted by Gasteiger charge is 2.09. The second-order valence-electron chi connectivity index (χ2n) is 4.83. The van der Waals surface area contributed by atoms with E-state index in [-0.39, 0.29) is 5.91 Å². The van der Waals surface area contributed by atoms with Crippen LogP contribution in [-0.2, 0) is 11.2 Å². The number of hydrogen-bond donors (Lipinski definition) is 2. The van der Waals surface area contributed by atoms with Crippen molar-refractivity contribution >= 4 is 11.9 Å². The van der Waals surface area contributed by atoms with Gasteiger partial charge in [-0.25, -0.2) is 0 Å². The van der Waals surface area contributed by atoms with Crippen LogP contribution >= 0.6 is 0 Å². The lowest BCUT2D eigenvalue weighted by Crippen LogP contribution is -2.40. The molecule has 0 aliphatic rings. The van der Waals surface area contributed by atoms with Crippen LogP contribution < -0.4 is 10.6 Å². The lowest BCUT2D eigenvalue weighted by atomic mass is 10.3. The number of rotatable bonds is 9. The second kappa shape index (κ2) is 10.7. The quantitative estimate of drug-likeness (QED) is 0.537. The van der Waals surface area contributed by atoms with Gasteiger partial charge in [0.15, 0.2) is 5.96 Å². The van der Waals surface area contributed by atoms with Crippen LogP contribution in [0.3, 0.4) is 0 Å². The topological polar surface area (TPSA) is 69.9 Å². The van der Waals surface area contributed by atoms with Crippen LogP contribution in [0.1, 0.15) is 33.0 Å². The lowest BCUT2D eigenvalue weighted by molar-refractivity contribution is -0.130. The molecule has 6 nitrogen and oxygen atoms in total. The van der Waals surface area contributed by atoms with Crippen molar-refractivity contribution in [2.45, 2.75) is 33.6 Å². The Morgan fingerprint density at radius 1 is 1.27 bits per heavy atom. The van der Waals surface area contributed by atoms with Gasteiger partial charge in [0.2, 0.25) is 5.91 Å². The van der Waals surface area contributed by atoms with E-state index in [1.807, 2.05) is 37.8 Å². The Hall–Kier alpha value is -1.98. The molecule has 124 valence electrons. The molecule has 0 saturated carbocycles. The van der Waals surface area contributed by atoms with Gasteiger partial charge >= 0.3 is 0 Å². The normalized spacial score (nSPS) is 11.3. The molecule has 0 aromatic carbocycles. The minimum atomic E-state index is 0.170. The van der Waals surface area contributed by atoms with E-state index in [9.17, 15) is 4.79 Å². The predicted octanol–water partition coefficient (Wildman–Crippen LogP) is 1.64. The largest absolute Gasteiger partial charge is 0.469 e. The standard InChI is InChI=1S/C16H28N4O2/c1-4-17-16(18-11-9-14-8-7-13-22-14)19-12-10-15(21)20(5-2)6-3/h7-8,13H,4-6,9-12H2,1-3H3,(H2,17,18,19). The summed E-state index contributed by atoms with van der Waals surface area (Å²) < 4.78 is 5.28. The van der Waals surface area contributed by atoms with Gasteiger partial charge in [-0.2, -0.15) is 0 Å². The van der Waals surface area contributed by atoms with E-state index in [0.29, 0.717) is 19.5 Å². The fourth-order valence-corrected chi connectivity index (χ4v) is 2.10. The van der Waals surface area contributed by atoms with E-state index in [1.165, 1.54) is 0 Å². The van der Waals surface area contributed by atoms with Crippen molar-refractivity contribution in [2.24, 2.45) is 4.99 Å². The van der Waals surface area contributed by atoms with Crippen molar-refractivity contribution in [2.75, 3.05) is 32.7 Å². The maximum atomic E-state index is 11.9. The Labute approximate surface area is 133 Å². The number of carbonyl (C=O) groups is 1. The van der Waals surface area contributed by atoms with E-state index >= 15 is 0 Å². The third kappa shape index (κ3) is 6.65. The highest BCUT2D eigenvalue weighted by atomic mass is 16.3. The van der Waals surface area contributed by atoms with Crippen molar-refractivity contribution in [1.82, 2.24) is 15.5 Å². The summed E-state index contributed by atoms with van der Waals surface area (Å²) in [6.45, 7) is 9.54. The van der Waals surface area contributed by atoms with Gasteiger partial charge in [0.05, 0.1) is 6.26 Å². The van der Waals surface area contributed by atoms with Crippen LogP contribution in [0.15, 0.2) is 27.8 Å². The van der Waals surface area contributed by atoms with Gasteiger partial charge in [0.25, 0.3) is 0 Å². The summed E-state index contributed by atoms with van der Waals surface area (Å²) in [6.07, 6.45) is 2.91. The van der Waals surface area contributed by atoms with Gasteiger partial charge in [-0.1, -0.05) is 0 Å². The molecule has 1 amide bonds. The second-order valence-corrected chi connectivity index (χ2v) is 4.83. The number of carbonyl (C=O) groups excluding carboxylic acids is 1. The van der Waals surface area contributed by atoms with E-state index in [2.05, 4.69) is 15.6 Å². The number of nitrogens with one attached hydrogen (secondary N) is 2. The molecule has 0 fully saturated rings. The number of nitrogens with zero attached hydrogens (tertiary/aromatic N) is 2. The Bertz CT molecular complexity index is 439. The molecule has 2 N–H and O–H groups in total. The van der Waals surface area contributed by atoms with Gasteiger partial charge in [-0.15, -0.1) is 0 Å². The van der Waals surface area contributed by atoms with Crippen molar-refractivity contribution < 1.29 is 9.21 Å². The smallest absolute Gasteiger partial charge is 0.224 e. The summed E-state index contributed by atoms with van der Waals surface area (Å²) in [4.78, 5) is 18.2. The predicted molar refractivity (Wildman–Crippen MR) is 88.9 cm³/mol. The molecule has 0 bridgehead atoms. The first-order chi connectivity index (χ1) is 10.7. The van der Waals surface area contributed by atoms with Gasteiger partial charge in [-0.3, -0.25) is 9.79 Å². The zero-order chi connectivity index (χ0) is 16.2. The van der Waals surface area contributed by atoms with E-state index in [0.717, 1.165) is 37.8 Å². The molecule has 1 heterocycles. The summed E-state index contributed by atoms with van der Waals surface area (Å²) in [7, 11) is 0. The Balaban J connectivity index is 2.35. The van der Waals surface area contributed by atoms with E-state index < -0.39 is 0 Å². The third-order valence-corrected chi connectivity index (χ3v) is 3.30. The first kappa shape index (κ1) is 18.1. The number of furan rings is 1. The first-order valence-electron chi connectivity index (χ1n) is 8.03. The zero-order valence-electron chi connectivity index (χ0n) is 13.9. The summed E-state index contributed by atoms with van der Waals surface area (Å²) in [5.41, 5.74) is 0. The summed E-state index contributed by atoms with van der Waals surface area (Å²) in [5.74, 6) is 1.83. The van der Waals surface area contributed by atoms with Gasteiger partial charge in [0.1, 0.15) is 5.76 Å². The minimum absolute atomic E-state index is 0.170. The van der Waals surface area contributed by atoms with Crippen molar-refractivity contribution in [3.63, 3.8) is 0 Å². The molecular formula is C16H28N4O2. The number of aliphatic imine (C=N–C) groups is 1. The number of guanidine groups is 1. The van der Waals surface area contributed by atoms with Crippen LogP contribution in [0.2, 0.25) is 0 Å². The first-order valence-corrected chi connectivity index (χ1v) is 8.03. The monoisotopic (exact) mass is 308 g/mol. The summed E-state index contributed by atoms with van der Waals surface area (Å²) in [5, 5.41) is 6.37. The summed E-state index contributed by atoms with van der Waals surface area (Å²) in [6, 6.07) is 3.82. The average molecular weight is 308 g/mol. The Morgan fingerprint density at radius 3 is 2.64 bits per heavy atom. The molecule has 0 aliphatic carbocycles. The molecule has 6 heteroatoms. The van der Waals surface area contributed by atoms with Crippen molar-refractivity contribution in [3.05, 3.63) is 24.2 Å². The minimum Gasteiger partial charge on any atom is -0.469 e. The van der Waals surface area contributed by atoms with Crippen LogP contribution in [0.4, 0.5) is 0 Å². The highest BCUT2D eigenvalue weighted by Crippen LogP contribution is 2.00. The average Bonchev–Trinajstić information content (AvgIpc) is 3.02. The fraction of sp³-hybridized carbons (Fsp3) is 0.625. The SMILES string of the molecule is CCNC(=NCCc1ccco1)NCCC(=O)N(CC)CC. The molecule has 0 unspecified atom stereocenters. The van der Waals surface area contributed by atoms with E-state index in [1.54, 1.807) is 6.26 Å². The molecule has 0 spiro atoms. The van der Waals surface area contributed by atoms with Crippen molar-refractivity contribution in [3.8, 4) is 0 Å². The molecule has 0 radical (unpaired) electrons. The number of amides is 1. The lowest BCUT2D eigenvalue weighted by Gasteiger charge is -2.19. The Kier molecular flexibility index (Phi) is 8.79. The number of hydrogen-bond acceptors (Lipinski definition) is 3. The highest BCUT2D eigenvalue weighted by molar-refractivity contribution is 5.81. The molecule has 0 atom stereocenters. The molecular weight excluding hydrogens is 280 g/mol. The van der Waals surface area contributed by atoms with Gasteiger partial charge in [-0.05, 0) is 32.9 Å². The fourth-order valence-electron chi connectivity index (χ4n) is 2.10. The molecule has 0 saturated heterocycles. The van der Waals surface area contributed by atoms with Gasteiger partial charge < -0.3 is 20.0 Å². The summed E-state index contributed by atoms with van der Waals surface area (Å²) >= 11 is 0. The van der Waals surface area contributed by atoms with Crippen LogP contribution in [0.5, 0.6) is 0 Å². The molecule has 1 rings (SSSR count). The van der Waals surface area contributed by atoms with E-state index in [4.69, 9.17) is 4.42 Å². The molecule has 22 heavy (non-hydrogen) atoms. The molecule has 0 aliphatic heterocycles. The third-order valence-electron chi connectivity index (χ3n) is 3.30. The van der Waals surface area contributed by atoms with Crippen molar-refractivity contribution in [1.29, 1.82) is 0 Å². The maximum absolute atomic E-state index is 11.9. The van der Waals surface area contributed by atoms with Gasteiger partial charge in [0, 0.05) is 45.6 Å². The van der Waals surface area contributed by atoms with Crippen LogP contribution in [-0.4, -0.2) is 49.5 Å². The van der Waals surface area contributed by atoms with Crippen LogP contribution in [0.25, 0.3) is 0 Å². The molecule has 1 aromatic heterocycles. The molecule has 1 aromatic rings.